The van der Waals surface area contributed by atoms with Gasteiger partial charge < -0.3 is 5.43 Å². The zero-order valence-corrected chi connectivity index (χ0v) is 7.58. The lowest BCUT2D eigenvalue weighted by Crippen LogP contribution is -2.34. The van der Waals surface area contributed by atoms with Crippen molar-refractivity contribution in [2.45, 2.75) is 39.4 Å². The summed E-state index contributed by atoms with van der Waals surface area (Å²) in [7, 11) is 0. The van der Waals surface area contributed by atoms with Crippen LogP contribution < -0.4 is 5.43 Å². The van der Waals surface area contributed by atoms with E-state index in [1.165, 1.54) is 0 Å². The fourth-order valence-corrected chi connectivity index (χ4v) is 0.315. The molecule has 0 fully saturated rings. The zero-order valence-electron chi connectivity index (χ0n) is 7.58. The third-order valence-electron chi connectivity index (χ3n) is 0.969. The van der Waals surface area contributed by atoms with Gasteiger partial charge in [-0.05, 0) is 27.7 Å². The van der Waals surface area contributed by atoms with Gasteiger partial charge in [0.25, 0.3) is 0 Å². The molecular formula is C7H13F3N2. The molecule has 0 heterocycles. The quantitative estimate of drug-likeness (QED) is 0.488. The smallest absolute Gasteiger partial charge is 0.305 e. The van der Waals surface area contributed by atoms with Crippen LogP contribution in [0.25, 0.3) is 0 Å². The highest BCUT2D eigenvalue weighted by Gasteiger charge is 2.32. The van der Waals surface area contributed by atoms with Crippen molar-refractivity contribution in [1.29, 1.82) is 0 Å². The van der Waals surface area contributed by atoms with Gasteiger partial charge in [0, 0.05) is 5.54 Å². The van der Waals surface area contributed by atoms with E-state index < -0.39 is 17.4 Å². The fourth-order valence-electron chi connectivity index (χ4n) is 0.315. The molecule has 5 heteroatoms. The SMILES string of the molecule is C/C(=N\NC(C)(C)C)C(F)(F)F. The molecular weight excluding hydrogens is 169 g/mol. The molecule has 0 spiro atoms. The highest BCUT2D eigenvalue weighted by atomic mass is 19.4. The second-order valence-corrected chi connectivity index (χ2v) is 3.56. The van der Waals surface area contributed by atoms with E-state index in [1.54, 1.807) is 20.8 Å². The Labute approximate surface area is 69.8 Å². The van der Waals surface area contributed by atoms with E-state index in [0.717, 1.165) is 6.92 Å². The number of hydrogen-bond acceptors (Lipinski definition) is 2. The van der Waals surface area contributed by atoms with Crippen LogP contribution in [0.2, 0.25) is 0 Å². The molecule has 0 bridgehead atoms. The van der Waals surface area contributed by atoms with E-state index >= 15 is 0 Å². The van der Waals surface area contributed by atoms with Crippen LogP contribution in [-0.4, -0.2) is 17.4 Å². The number of nitrogens with one attached hydrogen (secondary N) is 1. The normalized spacial score (nSPS) is 14.8. The average molecular weight is 182 g/mol. The number of alkyl halides is 3. The Kier molecular flexibility index (Phi) is 3.12. The maximum Gasteiger partial charge on any atom is 0.430 e. The number of halogens is 3. The van der Waals surface area contributed by atoms with Gasteiger partial charge in [0.15, 0.2) is 0 Å². The molecule has 0 radical (unpaired) electrons. The van der Waals surface area contributed by atoms with Crippen LogP contribution >= 0.6 is 0 Å². The summed E-state index contributed by atoms with van der Waals surface area (Å²) in [6.45, 7) is 6.14. The molecule has 0 aromatic heterocycles. The van der Waals surface area contributed by atoms with Gasteiger partial charge in [-0.25, -0.2) is 0 Å². The lowest BCUT2D eigenvalue weighted by molar-refractivity contribution is -0.0597. The molecule has 0 rings (SSSR count). The van der Waals surface area contributed by atoms with E-state index in [4.69, 9.17) is 0 Å². The number of hydrazone groups is 1. The van der Waals surface area contributed by atoms with E-state index in [-0.39, 0.29) is 0 Å². The van der Waals surface area contributed by atoms with Crippen molar-refractivity contribution >= 4 is 5.71 Å². The largest absolute Gasteiger partial charge is 0.430 e. The topological polar surface area (TPSA) is 24.4 Å². The first-order valence-electron chi connectivity index (χ1n) is 3.51. The first kappa shape index (κ1) is 11.3. The van der Waals surface area contributed by atoms with Crippen LogP contribution in [0.15, 0.2) is 5.10 Å². The van der Waals surface area contributed by atoms with Gasteiger partial charge >= 0.3 is 6.18 Å². The summed E-state index contributed by atoms with van der Waals surface area (Å²) in [5.41, 5.74) is 1.09. The van der Waals surface area contributed by atoms with Crippen LogP contribution in [0.3, 0.4) is 0 Å². The summed E-state index contributed by atoms with van der Waals surface area (Å²) in [5.74, 6) is 0. The van der Waals surface area contributed by atoms with Gasteiger partial charge in [0.1, 0.15) is 5.71 Å². The molecule has 0 aliphatic carbocycles. The Morgan fingerprint density at radius 1 is 1.17 bits per heavy atom. The number of rotatable bonds is 1. The molecule has 0 aliphatic heterocycles. The van der Waals surface area contributed by atoms with Crippen LogP contribution in [0, 0.1) is 0 Å². The minimum Gasteiger partial charge on any atom is -0.305 e. The van der Waals surface area contributed by atoms with Gasteiger partial charge in [-0.1, -0.05) is 0 Å². The van der Waals surface area contributed by atoms with E-state index in [2.05, 4.69) is 10.5 Å². The summed E-state index contributed by atoms with van der Waals surface area (Å²) < 4.78 is 35.6. The molecule has 0 aromatic rings. The van der Waals surface area contributed by atoms with Crippen molar-refractivity contribution in [1.82, 2.24) is 5.43 Å². The maximum absolute atomic E-state index is 11.9. The Morgan fingerprint density at radius 3 is 1.83 bits per heavy atom. The van der Waals surface area contributed by atoms with Crippen molar-refractivity contribution in [3.8, 4) is 0 Å². The Morgan fingerprint density at radius 2 is 1.58 bits per heavy atom. The third kappa shape index (κ3) is 4.98. The van der Waals surface area contributed by atoms with Crippen molar-refractivity contribution in [2.24, 2.45) is 5.10 Å². The molecule has 12 heavy (non-hydrogen) atoms. The molecule has 0 aliphatic rings. The Balaban J connectivity index is 4.21. The molecule has 0 aromatic carbocycles. The van der Waals surface area contributed by atoms with Crippen LogP contribution in [0.5, 0.6) is 0 Å². The van der Waals surface area contributed by atoms with Crippen LogP contribution in [-0.2, 0) is 0 Å². The van der Waals surface area contributed by atoms with Gasteiger partial charge in [0.05, 0.1) is 0 Å². The highest BCUT2D eigenvalue weighted by molar-refractivity contribution is 5.87. The fraction of sp³-hybridized carbons (Fsp3) is 0.857. The van der Waals surface area contributed by atoms with Gasteiger partial charge in [-0.15, -0.1) is 0 Å². The standard InChI is InChI=1S/C7H13F3N2/c1-5(7(8,9)10)11-12-6(2,3)4/h12H,1-4H3/b11-5+. The number of nitrogens with zero attached hydrogens (tertiary/aromatic N) is 1. The molecule has 2 nitrogen and oxygen atoms in total. The van der Waals surface area contributed by atoms with E-state index in [0.29, 0.717) is 0 Å². The number of hydrogen-bond donors (Lipinski definition) is 1. The second-order valence-electron chi connectivity index (χ2n) is 3.56. The highest BCUT2D eigenvalue weighted by Crippen LogP contribution is 2.16. The minimum absolute atomic E-state index is 0.438. The monoisotopic (exact) mass is 182 g/mol. The minimum atomic E-state index is -4.34. The molecule has 0 unspecified atom stereocenters. The summed E-state index contributed by atoms with van der Waals surface area (Å²) in [5, 5.41) is 3.21. The Hall–Kier alpha value is -0.740. The summed E-state index contributed by atoms with van der Waals surface area (Å²) in [4.78, 5) is 0. The summed E-state index contributed by atoms with van der Waals surface area (Å²) >= 11 is 0. The zero-order chi connectivity index (χ0) is 9.99. The summed E-state index contributed by atoms with van der Waals surface area (Å²) in [6, 6.07) is 0. The van der Waals surface area contributed by atoms with Gasteiger partial charge in [-0.2, -0.15) is 18.3 Å². The molecule has 0 amide bonds. The van der Waals surface area contributed by atoms with Crippen LogP contribution in [0.1, 0.15) is 27.7 Å². The maximum atomic E-state index is 11.9. The average Bonchev–Trinajstić information content (AvgIpc) is 1.78. The first-order chi connectivity index (χ1) is 5.13. The lowest BCUT2D eigenvalue weighted by atomic mass is 10.1. The lowest BCUT2D eigenvalue weighted by Gasteiger charge is -2.18. The van der Waals surface area contributed by atoms with Crippen molar-refractivity contribution in [3.63, 3.8) is 0 Å². The van der Waals surface area contributed by atoms with E-state index in [9.17, 15) is 13.2 Å². The van der Waals surface area contributed by atoms with Crippen molar-refractivity contribution < 1.29 is 13.2 Å². The molecule has 1 N–H and O–H groups in total. The second kappa shape index (κ2) is 3.33. The van der Waals surface area contributed by atoms with Crippen molar-refractivity contribution in [2.75, 3.05) is 0 Å². The third-order valence-corrected chi connectivity index (χ3v) is 0.969. The predicted octanol–water partition coefficient (Wildman–Crippen LogP) is 2.31. The summed E-state index contributed by atoms with van der Waals surface area (Å²) in [6.07, 6.45) is -4.34. The first-order valence-corrected chi connectivity index (χ1v) is 3.51. The molecule has 0 saturated heterocycles. The molecule has 72 valence electrons. The van der Waals surface area contributed by atoms with Crippen molar-refractivity contribution in [3.05, 3.63) is 0 Å². The van der Waals surface area contributed by atoms with E-state index in [1.807, 2.05) is 0 Å². The predicted molar refractivity (Wildman–Crippen MR) is 42.1 cm³/mol. The van der Waals surface area contributed by atoms with Gasteiger partial charge in [-0.3, -0.25) is 0 Å². The van der Waals surface area contributed by atoms with Gasteiger partial charge in [0.2, 0.25) is 0 Å². The molecule has 0 saturated carbocycles. The Bertz CT molecular complexity index is 176. The molecule has 0 atom stereocenters. The van der Waals surface area contributed by atoms with Crippen LogP contribution in [0.4, 0.5) is 13.2 Å².